The first kappa shape index (κ1) is 19.0. The van der Waals surface area contributed by atoms with Crippen LogP contribution in [0.5, 0.6) is 5.75 Å². The molecule has 0 unspecified atom stereocenters. The lowest BCUT2D eigenvalue weighted by Crippen LogP contribution is -2.27. The Morgan fingerprint density at radius 2 is 1.80 bits per heavy atom. The highest BCUT2D eigenvalue weighted by Crippen LogP contribution is 2.28. The van der Waals surface area contributed by atoms with E-state index in [4.69, 9.17) is 4.74 Å². The van der Waals surface area contributed by atoms with E-state index in [-0.39, 0.29) is 12.3 Å². The second-order valence-electron chi connectivity index (χ2n) is 6.32. The van der Waals surface area contributed by atoms with Gasteiger partial charge in [-0.25, -0.2) is 0 Å². The molecule has 0 aromatic heterocycles. The Morgan fingerprint density at radius 1 is 1.08 bits per heavy atom. The average molecular weight is 341 g/mol. The van der Waals surface area contributed by atoms with Crippen LogP contribution in [0.4, 0.5) is 5.69 Å². The molecule has 0 spiro atoms. The molecule has 2 aromatic rings. The second-order valence-corrected chi connectivity index (χ2v) is 6.32. The van der Waals surface area contributed by atoms with Crippen molar-refractivity contribution in [2.24, 2.45) is 0 Å². The maximum atomic E-state index is 11.9. The molecule has 2 rings (SSSR count). The number of nitrogens with zero attached hydrogens (tertiary/aromatic N) is 1. The van der Waals surface area contributed by atoms with Gasteiger partial charge in [-0.3, -0.25) is 10.0 Å². The van der Waals surface area contributed by atoms with Gasteiger partial charge in [0.2, 0.25) is 5.91 Å². The van der Waals surface area contributed by atoms with Gasteiger partial charge < -0.3 is 4.74 Å². The Balaban J connectivity index is 2.30. The molecule has 0 fully saturated rings. The Hall–Kier alpha value is -2.33. The number of rotatable bonds is 6. The van der Waals surface area contributed by atoms with E-state index in [1.54, 1.807) is 13.0 Å². The number of hydrogen-bond acceptors (Lipinski definition) is 3. The van der Waals surface area contributed by atoms with Crippen LogP contribution in [0.25, 0.3) is 0 Å². The lowest BCUT2D eigenvalue weighted by Gasteiger charge is -2.20. The molecule has 4 heteroatoms. The molecule has 2 aromatic carbocycles. The van der Waals surface area contributed by atoms with Crippen LogP contribution in [-0.4, -0.2) is 11.1 Å². The number of hydrogen-bond donors (Lipinski definition) is 1. The molecule has 0 aliphatic rings. The summed E-state index contributed by atoms with van der Waals surface area (Å²) in [4.78, 5) is 11.9. The van der Waals surface area contributed by atoms with Gasteiger partial charge in [-0.2, -0.15) is 5.06 Å². The molecule has 0 radical (unpaired) electrons. The van der Waals surface area contributed by atoms with Crippen LogP contribution in [0.2, 0.25) is 0 Å². The van der Waals surface area contributed by atoms with Gasteiger partial charge in [0, 0.05) is 12.0 Å². The molecule has 0 heterocycles. The van der Waals surface area contributed by atoms with Gasteiger partial charge in [-0.15, -0.1) is 0 Å². The van der Waals surface area contributed by atoms with Crippen LogP contribution in [0, 0.1) is 20.8 Å². The molecule has 0 saturated carbocycles. The van der Waals surface area contributed by atoms with E-state index in [9.17, 15) is 10.0 Å². The summed E-state index contributed by atoms with van der Waals surface area (Å²) in [5.41, 5.74) is 5.87. The number of ether oxygens (including phenoxy) is 1. The van der Waals surface area contributed by atoms with Crippen LogP contribution < -0.4 is 9.80 Å². The summed E-state index contributed by atoms with van der Waals surface area (Å²) < 4.78 is 6.04. The zero-order valence-corrected chi connectivity index (χ0v) is 15.7. The predicted octanol–water partition coefficient (Wildman–Crippen LogP) is 4.89. The van der Waals surface area contributed by atoms with Crippen molar-refractivity contribution in [3.63, 3.8) is 0 Å². The van der Waals surface area contributed by atoms with E-state index < -0.39 is 0 Å². The molecule has 25 heavy (non-hydrogen) atoms. The predicted molar refractivity (Wildman–Crippen MR) is 100 cm³/mol. The molecule has 0 saturated heterocycles. The topological polar surface area (TPSA) is 49.8 Å². The smallest absolute Gasteiger partial charge is 0.250 e. The van der Waals surface area contributed by atoms with Gasteiger partial charge in [0.15, 0.2) is 0 Å². The number of hydroxylamine groups is 1. The molecule has 134 valence electrons. The van der Waals surface area contributed by atoms with Gasteiger partial charge >= 0.3 is 0 Å². The maximum Gasteiger partial charge on any atom is 0.250 e. The maximum absolute atomic E-state index is 11.9. The highest BCUT2D eigenvalue weighted by Gasteiger charge is 2.17. The highest BCUT2D eigenvalue weighted by molar-refractivity contribution is 5.91. The number of benzene rings is 2. The lowest BCUT2D eigenvalue weighted by atomic mass is 10.0. The van der Waals surface area contributed by atoms with Crippen molar-refractivity contribution in [2.45, 2.75) is 54.1 Å². The van der Waals surface area contributed by atoms with Crippen molar-refractivity contribution < 1.29 is 14.7 Å². The first-order chi connectivity index (χ1) is 11.9. The number of amides is 1. The molecular formula is C21H27NO3. The Bertz CT molecular complexity index is 768. The minimum atomic E-state index is -0.342. The third-order valence-corrected chi connectivity index (χ3v) is 4.54. The summed E-state index contributed by atoms with van der Waals surface area (Å²) >= 11 is 0. The average Bonchev–Trinajstić information content (AvgIpc) is 2.61. The molecule has 4 nitrogen and oxygen atoms in total. The van der Waals surface area contributed by atoms with Gasteiger partial charge in [0.1, 0.15) is 12.4 Å². The Morgan fingerprint density at radius 3 is 2.44 bits per heavy atom. The van der Waals surface area contributed by atoms with Crippen molar-refractivity contribution in [1.29, 1.82) is 0 Å². The largest absolute Gasteiger partial charge is 0.489 e. The summed E-state index contributed by atoms with van der Waals surface area (Å²) in [5.74, 6) is 0.487. The Kier molecular flexibility index (Phi) is 6.21. The summed E-state index contributed by atoms with van der Waals surface area (Å²) in [6.45, 7) is 10.2. The van der Waals surface area contributed by atoms with E-state index in [2.05, 4.69) is 26.0 Å². The van der Waals surface area contributed by atoms with Crippen molar-refractivity contribution in [1.82, 2.24) is 0 Å². The second kappa shape index (κ2) is 8.17. The van der Waals surface area contributed by atoms with Gasteiger partial charge in [0.25, 0.3) is 0 Å². The molecule has 1 amide bonds. The van der Waals surface area contributed by atoms with Crippen molar-refractivity contribution >= 4 is 11.6 Å². The standard InChI is InChI=1S/C21H27NO3/c1-6-17-11-16(5)20(12-15(17)4)25-13-18-14(3)9-8-10-19(18)22(24)21(23)7-2/h8-12,24H,6-7,13H2,1-5H3. The van der Waals surface area contributed by atoms with Gasteiger partial charge in [-0.05, 0) is 61.6 Å². The van der Waals surface area contributed by atoms with E-state index >= 15 is 0 Å². The molecule has 0 aliphatic carbocycles. The van der Waals surface area contributed by atoms with E-state index in [0.717, 1.165) is 33.9 Å². The first-order valence-corrected chi connectivity index (χ1v) is 8.72. The fourth-order valence-corrected chi connectivity index (χ4v) is 2.89. The van der Waals surface area contributed by atoms with Crippen molar-refractivity contribution in [3.8, 4) is 5.75 Å². The van der Waals surface area contributed by atoms with Crippen LogP contribution in [0.15, 0.2) is 30.3 Å². The summed E-state index contributed by atoms with van der Waals surface area (Å²) in [5, 5.41) is 10.9. The first-order valence-electron chi connectivity index (χ1n) is 8.72. The number of aryl methyl sites for hydroxylation is 4. The van der Waals surface area contributed by atoms with E-state index in [1.807, 2.05) is 26.0 Å². The monoisotopic (exact) mass is 341 g/mol. The zero-order valence-electron chi connectivity index (χ0n) is 15.7. The quantitative estimate of drug-likeness (QED) is 0.601. The fraction of sp³-hybridized carbons (Fsp3) is 0.381. The summed E-state index contributed by atoms with van der Waals surface area (Å²) in [7, 11) is 0. The highest BCUT2D eigenvalue weighted by atomic mass is 16.5. The summed E-state index contributed by atoms with van der Waals surface area (Å²) in [6, 6.07) is 9.72. The lowest BCUT2D eigenvalue weighted by molar-refractivity contribution is -0.123. The number of carbonyl (C=O) groups is 1. The minimum absolute atomic E-state index is 0.238. The summed E-state index contributed by atoms with van der Waals surface area (Å²) in [6.07, 6.45) is 1.23. The number of carbonyl (C=O) groups excluding carboxylic acids is 1. The molecule has 1 N–H and O–H groups in total. The zero-order chi connectivity index (χ0) is 18.6. The van der Waals surface area contributed by atoms with Crippen LogP contribution in [-0.2, 0) is 17.8 Å². The SMILES string of the molecule is CCC(=O)N(O)c1cccc(C)c1COc1cc(C)c(CC)cc1C. The number of anilines is 1. The van der Waals surface area contributed by atoms with Crippen molar-refractivity contribution in [2.75, 3.05) is 5.06 Å². The third kappa shape index (κ3) is 4.20. The third-order valence-electron chi connectivity index (χ3n) is 4.54. The normalized spacial score (nSPS) is 10.6. The van der Waals surface area contributed by atoms with Crippen LogP contribution >= 0.6 is 0 Å². The van der Waals surface area contributed by atoms with E-state index in [0.29, 0.717) is 12.3 Å². The minimum Gasteiger partial charge on any atom is -0.489 e. The van der Waals surface area contributed by atoms with Crippen molar-refractivity contribution in [3.05, 3.63) is 58.1 Å². The molecular weight excluding hydrogens is 314 g/mol. The van der Waals surface area contributed by atoms with Gasteiger partial charge in [0.05, 0.1) is 5.69 Å². The fourth-order valence-electron chi connectivity index (χ4n) is 2.89. The van der Waals surface area contributed by atoms with Crippen LogP contribution in [0.1, 0.15) is 48.1 Å². The van der Waals surface area contributed by atoms with E-state index in [1.165, 1.54) is 11.1 Å². The van der Waals surface area contributed by atoms with Crippen LogP contribution in [0.3, 0.4) is 0 Å². The Labute approximate surface area is 150 Å². The van der Waals surface area contributed by atoms with Gasteiger partial charge in [-0.1, -0.05) is 32.0 Å². The molecule has 0 bridgehead atoms. The molecule has 0 atom stereocenters. The molecule has 0 aliphatic heterocycles.